The molecule has 0 atom stereocenters. The van der Waals surface area contributed by atoms with Crippen molar-refractivity contribution in [3.05, 3.63) is 23.3 Å². The van der Waals surface area contributed by atoms with E-state index in [2.05, 4.69) is 11.4 Å². The van der Waals surface area contributed by atoms with E-state index in [-0.39, 0.29) is 0 Å². The van der Waals surface area contributed by atoms with E-state index in [9.17, 15) is 0 Å². The Morgan fingerprint density at radius 1 is 1.38 bits per heavy atom. The normalized spacial score (nSPS) is 9.85. The Balaban J connectivity index is 3.13. The molecule has 3 nitrogen and oxygen atoms in total. The van der Waals surface area contributed by atoms with Gasteiger partial charge in [0, 0.05) is 0 Å². The molecule has 1 aromatic carbocycles. The monoisotopic (exact) mass is 180 g/mol. The Morgan fingerprint density at radius 2 is 2.08 bits per heavy atom. The molecule has 0 aliphatic rings. The van der Waals surface area contributed by atoms with Crippen molar-refractivity contribution in [2.24, 2.45) is 5.73 Å². The third-order valence-corrected chi connectivity index (χ3v) is 1.94. The molecule has 0 aromatic heterocycles. The highest BCUT2D eigenvalue weighted by Gasteiger charge is 2.05. The predicted molar refractivity (Wildman–Crippen MR) is 55.1 cm³/mol. The number of hydrogen-bond acceptors (Lipinski definition) is 3. The van der Waals surface area contributed by atoms with Crippen molar-refractivity contribution in [3.63, 3.8) is 0 Å². The van der Waals surface area contributed by atoms with E-state index >= 15 is 0 Å². The maximum absolute atomic E-state index is 5.42. The van der Waals surface area contributed by atoms with Gasteiger partial charge in [-0.25, -0.2) is 0 Å². The molecule has 1 aromatic rings. The fourth-order valence-corrected chi connectivity index (χ4v) is 1.42. The van der Waals surface area contributed by atoms with Crippen molar-refractivity contribution < 1.29 is 4.74 Å². The van der Waals surface area contributed by atoms with Crippen LogP contribution in [0, 0.1) is 13.8 Å². The summed E-state index contributed by atoms with van der Waals surface area (Å²) in [5.74, 6) is 0.850. The molecular weight excluding hydrogens is 164 g/mol. The standard InChI is InChI=1S/C10H16N2O/c1-7-4-8(2)10(12-6-11)9(5-7)13-3/h4-5,12H,6,11H2,1-3H3. The average Bonchev–Trinajstić information content (AvgIpc) is 2.09. The van der Waals surface area contributed by atoms with E-state index < -0.39 is 0 Å². The van der Waals surface area contributed by atoms with Crippen LogP contribution in [-0.4, -0.2) is 13.8 Å². The molecule has 0 fully saturated rings. The highest BCUT2D eigenvalue weighted by molar-refractivity contribution is 5.62. The van der Waals surface area contributed by atoms with E-state index in [1.807, 2.05) is 19.9 Å². The lowest BCUT2D eigenvalue weighted by Crippen LogP contribution is -2.12. The summed E-state index contributed by atoms with van der Waals surface area (Å²) in [7, 11) is 1.66. The zero-order valence-electron chi connectivity index (χ0n) is 8.35. The molecule has 0 saturated carbocycles. The maximum atomic E-state index is 5.42. The highest BCUT2D eigenvalue weighted by atomic mass is 16.5. The van der Waals surface area contributed by atoms with E-state index in [0.717, 1.165) is 17.0 Å². The Kier molecular flexibility index (Phi) is 3.14. The molecule has 0 spiro atoms. The molecule has 0 saturated heterocycles. The third-order valence-electron chi connectivity index (χ3n) is 1.94. The third kappa shape index (κ3) is 2.12. The summed E-state index contributed by atoms with van der Waals surface area (Å²) in [4.78, 5) is 0. The molecule has 0 radical (unpaired) electrons. The van der Waals surface area contributed by atoms with Gasteiger partial charge >= 0.3 is 0 Å². The number of rotatable bonds is 3. The molecule has 0 aliphatic heterocycles. The molecule has 3 N–H and O–H groups in total. The van der Waals surface area contributed by atoms with Gasteiger partial charge in [0.1, 0.15) is 5.75 Å². The van der Waals surface area contributed by atoms with Crippen LogP contribution in [0.5, 0.6) is 5.75 Å². The van der Waals surface area contributed by atoms with Crippen LogP contribution in [0.2, 0.25) is 0 Å². The van der Waals surface area contributed by atoms with Crippen molar-refractivity contribution in [1.82, 2.24) is 0 Å². The number of methoxy groups -OCH3 is 1. The van der Waals surface area contributed by atoms with Gasteiger partial charge in [0.25, 0.3) is 0 Å². The second-order valence-corrected chi connectivity index (χ2v) is 3.04. The molecule has 0 unspecified atom stereocenters. The summed E-state index contributed by atoms with van der Waals surface area (Å²) in [5.41, 5.74) is 8.75. The lowest BCUT2D eigenvalue weighted by Gasteiger charge is -2.13. The Morgan fingerprint density at radius 3 is 2.62 bits per heavy atom. The van der Waals surface area contributed by atoms with Gasteiger partial charge in [-0.15, -0.1) is 0 Å². The fraction of sp³-hybridized carbons (Fsp3) is 0.400. The second kappa shape index (κ2) is 4.14. The van der Waals surface area contributed by atoms with Crippen molar-refractivity contribution >= 4 is 5.69 Å². The molecule has 3 heteroatoms. The second-order valence-electron chi connectivity index (χ2n) is 3.04. The van der Waals surface area contributed by atoms with Crippen LogP contribution in [0.15, 0.2) is 12.1 Å². The molecule has 0 amide bonds. The number of ether oxygens (including phenoxy) is 1. The van der Waals surface area contributed by atoms with Crippen molar-refractivity contribution in [3.8, 4) is 5.75 Å². The Bertz CT molecular complexity index is 297. The molecule has 0 aliphatic carbocycles. The maximum Gasteiger partial charge on any atom is 0.142 e. The van der Waals surface area contributed by atoms with Gasteiger partial charge in [-0.1, -0.05) is 6.07 Å². The Hall–Kier alpha value is -1.22. The fourth-order valence-electron chi connectivity index (χ4n) is 1.42. The van der Waals surface area contributed by atoms with Crippen molar-refractivity contribution in [2.45, 2.75) is 13.8 Å². The Labute approximate surface area is 78.9 Å². The zero-order valence-corrected chi connectivity index (χ0v) is 8.35. The van der Waals surface area contributed by atoms with Gasteiger partial charge in [-0.2, -0.15) is 0 Å². The number of anilines is 1. The molecule has 1 rings (SSSR count). The molecule has 0 heterocycles. The summed E-state index contributed by atoms with van der Waals surface area (Å²) >= 11 is 0. The number of benzene rings is 1. The summed E-state index contributed by atoms with van der Waals surface area (Å²) in [6.45, 7) is 4.50. The van der Waals surface area contributed by atoms with E-state index in [4.69, 9.17) is 10.5 Å². The van der Waals surface area contributed by atoms with Crippen LogP contribution < -0.4 is 15.8 Å². The summed E-state index contributed by atoms with van der Waals surface area (Å²) in [6.07, 6.45) is 0. The van der Waals surface area contributed by atoms with Crippen LogP contribution in [0.4, 0.5) is 5.69 Å². The van der Waals surface area contributed by atoms with Crippen molar-refractivity contribution in [1.29, 1.82) is 0 Å². The van der Waals surface area contributed by atoms with Crippen molar-refractivity contribution in [2.75, 3.05) is 19.1 Å². The topological polar surface area (TPSA) is 47.3 Å². The number of hydrogen-bond donors (Lipinski definition) is 2. The minimum atomic E-state index is 0.417. The summed E-state index contributed by atoms with van der Waals surface area (Å²) < 4.78 is 5.24. The number of aryl methyl sites for hydroxylation is 2. The largest absolute Gasteiger partial charge is 0.495 e. The average molecular weight is 180 g/mol. The van der Waals surface area contributed by atoms with E-state index in [0.29, 0.717) is 6.67 Å². The van der Waals surface area contributed by atoms with E-state index in [1.54, 1.807) is 7.11 Å². The first kappa shape index (κ1) is 9.86. The van der Waals surface area contributed by atoms with Gasteiger partial charge in [-0.3, -0.25) is 0 Å². The van der Waals surface area contributed by atoms with Crippen LogP contribution in [-0.2, 0) is 0 Å². The first-order valence-corrected chi connectivity index (χ1v) is 4.28. The zero-order chi connectivity index (χ0) is 9.84. The smallest absolute Gasteiger partial charge is 0.142 e. The first-order valence-electron chi connectivity index (χ1n) is 4.28. The van der Waals surface area contributed by atoms with Crippen LogP contribution in [0.1, 0.15) is 11.1 Å². The molecule has 72 valence electrons. The van der Waals surface area contributed by atoms with Crippen LogP contribution in [0.3, 0.4) is 0 Å². The van der Waals surface area contributed by atoms with Crippen LogP contribution >= 0.6 is 0 Å². The first-order chi connectivity index (χ1) is 6.19. The van der Waals surface area contributed by atoms with Gasteiger partial charge in [0.2, 0.25) is 0 Å². The van der Waals surface area contributed by atoms with Gasteiger partial charge in [0.05, 0.1) is 19.5 Å². The lowest BCUT2D eigenvalue weighted by molar-refractivity contribution is 0.416. The molecule has 0 bridgehead atoms. The minimum absolute atomic E-state index is 0.417. The molecule has 13 heavy (non-hydrogen) atoms. The highest BCUT2D eigenvalue weighted by Crippen LogP contribution is 2.28. The number of nitrogens with one attached hydrogen (secondary N) is 1. The van der Waals surface area contributed by atoms with Gasteiger partial charge in [-0.05, 0) is 31.0 Å². The SMILES string of the molecule is COc1cc(C)cc(C)c1NCN. The molecular formula is C10H16N2O. The van der Waals surface area contributed by atoms with E-state index in [1.165, 1.54) is 5.56 Å². The van der Waals surface area contributed by atoms with Gasteiger partial charge in [0.15, 0.2) is 0 Å². The quantitative estimate of drug-likeness (QED) is 0.695. The summed E-state index contributed by atoms with van der Waals surface area (Å²) in [5, 5.41) is 3.08. The minimum Gasteiger partial charge on any atom is -0.495 e. The van der Waals surface area contributed by atoms with Crippen LogP contribution in [0.25, 0.3) is 0 Å². The number of nitrogens with two attached hydrogens (primary N) is 1. The van der Waals surface area contributed by atoms with Gasteiger partial charge < -0.3 is 15.8 Å². The summed E-state index contributed by atoms with van der Waals surface area (Å²) in [6, 6.07) is 4.09. The predicted octanol–water partition coefficient (Wildman–Crippen LogP) is 1.64. The lowest BCUT2D eigenvalue weighted by atomic mass is 10.1.